The first-order valence-corrected chi connectivity index (χ1v) is 8.89. The molecule has 1 saturated heterocycles. The van der Waals surface area contributed by atoms with Crippen LogP contribution in [0.1, 0.15) is 18.1 Å². The normalized spacial score (nSPS) is 15.8. The van der Waals surface area contributed by atoms with Crippen LogP contribution in [0.4, 0.5) is 11.4 Å². The molecule has 25 heavy (non-hydrogen) atoms. The number of thiocarbonyl (C=S) groups is 1. The second-order valence-electron chi connectivity index (χ2n) is 5.61. The van der Waals surface area contributed by atoms with E-state index in [4.69, 9.17) is 12.2 Å². The van der Waals surface area contributed by atoms with Crippen molar-refractivity contribution in [3.05, 3.63) is 64.6 Å². The van der Waals surface area contributed by atoms with Gasteiger partial charge in [-0.25, -0.2) is 0 Å². The molecule has 4 nitrogen and oxygen atoms in total. The fraction of sp³-hybridized carbons (Fsp3) is 0.105. The molecule has 126 valence electrons. The van der Waals surface area contributed by atoms with E-state index in [9.17, 15) is 9.59 Å². The molecule has 0 spiro atoms. The number of nitrogens with zero attached hydrogens (tertiary/aromatic N) is 1. The van der Waals surface area contributed by atoms with Gasteiger partial charge in [-0.1, -0.05) is 54.3 Å². The number of hydrogen-bond donors (Lipinski definition) is 1. The molecule has 3 rings (SSSR count). The maximum atomic E-state index is 12.8. The lowest BCUT2D eigenvalue weighted by atomic mass is 10.1. The van der Waals surface area contributed by atoms with Gasteiger partial charge in [0.1, 0.15) is 0 Å². The highest BCUT2D eigenvalue weighted by atomic mass is 32.2. The molecule has 2 aromatic carbocycles. The summed E-state index contributed by atoms with van der Waals surface area (Å²) in [7, 11) is 0. The number of hydrogen-bond acceptors (Lipinski definition) is 4. The zero-order valence-electron chi connectivity index (χ0n) is 13.8. The predicted octanol–water partition coefficient (Wildman–Crippen LogP) is 4.36. The van der Waals surface area contributed by atoms with Crippen molar-refractivity contribution >= 4 is 57.6 Å². The Hall–Kier alpha value is -2.44. The summed E-state index contributed by atoms with van der Waals surface area (Å²) in [6.07, 6.45) is 1.81. The smallest absolute Gasteiger partial charge is 0.270 e. The van der Waals surface area contributed by atoms with Crippen molar-refractivity contribution in [1.82, 2.24) is 0 Å². The van der Waals surface area contributed by atoms with Crippen molar-refractivity contribution < 1.29 is 9.59 Å². The second kappa shape index (κ2) is 7.21. The summed E-state index contributed by atoms with van der Waals surface area (Å²) in [4.78, 5) is 26.0. The van der Waals surface area contributed by atoms with Gasteiger partial charge in [0.15, 0.2) is 4.32 Å². The van der Waals surface area contributed by atoms with E-state index in [1.54, 1.807) is 17.0 Å². The Morgan fingerprint density at radius 1 is 1.16 bits per heavy atom. The summed E-state index contributed by atoms with van der Waals surface area (Å²) in [5.41, 5.74) is 3.41. The highest BCUT2D eigenvalue weighted by Gasteiger charge is 2.33. The molecule has 0 bridgehead atoms. The number of rotatable bonds is 3. The topological polar surface area (TPSA) is 49.4 Å². The van der Waals surface area contributed by atoms with E-state index in [0.717, 1.165) is 22.5 Å². The molecular formula is C19H16N2O2S2. The Bertz CT molecular complexity index is 889. The minimum absolute atomic E-state index is 0.116. The van der Waals surface area contributed by atoms with E-state index in [2.05, 4.69) is 5.32 Å². The number of amides is 2. The molecule has 2 aromatic rings. The summed E-state index contributed by atoms with van der Waals surface area (Å²) in [5.74, 6) is -0.234. The third-order valence-corrected chi connectivity index (χ3v) is 4.98. The van der Waals surface area contributed by atoms with Crippen LogP contribution in [0.25, 0.3) is 6.08 Å². The Balaban J connectivity index is 1.85. The lowest BCUT2D eigenvalue weighted by molar-refractivity contribution is -0.114. The van der Waals surface area contributed by atoms with Gasteiger partial charge >= 0.3 is 0 Å². The van der Waals surface area contributed by atoms with Crippen LogP contribution in [-0.4, -0.2) is 16.1 Å². The van der Waals surface area contributed by atoms with E-state index in [1.807, 2.05) is 49.4 Å². The fourth-order valence-corrected chi connectivity index (χ4v) is 3.79. The van der Waals surface area contributed by atoms with E-state index in [-0.39, 0.29) is 11.8 Å². The van der Waals surface area contributed by atoms with Crippen molar-refractivity contribution in [3.8, 4) is 0 Å². The van der Waals surface area contributed by atoms with Crippen molar-refractivity contribution in [2.75, 3.05) is 10.2 Å². The molecule has 0 unspecified atom stereocenters. The predicted molar refractivity (Wildman–Crippen MR) is 108 cm³/mol. The van der Waals surface area contributed by atoms with Crippen molar-refractivity contribution in [1.29, 1.82) is 0 Å². The average molecular weight is 368 g/mol. The Labute approximate surface area is 155 Å². The lowest BCUT2D eigenvalue weighted by Crippen LogP contribution is -2.28. The molecule has 1 fully saturated rings. The highest BCUT2D eigenvalue weighted by molar-refractivity contribution is 8.27. The molecule has 0 aliphatic carbocycles. The van der Waals surface area contributed by atoms with Crippen LogP contribution in [0.15, 0.2) is 53.4 Å². The molecule has 0 saturated carbocycles. The number of benzene rings is 2. The summed E-state index contributed by atoms with van der Waals surface area (Å²) in [6.45, 7) is 3.42. The number of thioether (sulfide) groups is 1. The van der Waals surface area contributed by atoms with Crippen LogP contribution in [0.3, 0.4) is 0 Å². The number of carbonyl (C=O) groups excluding carboxylic acids is 2. The van der Waals surface area contributed by atoms with Gasteiger partial charge in [-0.2, -0.15) is 0 Å². The summed E-state index contributed by atoms with van der Waals surface area (Å²) < 4.78 is 0.528. The van der Waals surface area contributed by atoms with Gasteiger partial charge in [0, 0.05) is 12.6 Å². The Kier molecular flexibility index (Phi) is 5.01. The quantitative estimate of drug-likeness (QED) is 0.646. The fourth-order valence-electron chi connectivity index (χ4n) is 2.51. The molecule has 0 radical (unpaired) electrons. The van der Waals surface area contributed by atoms with Crippen LogP contribution in [0.2, 0.25) is 0 Å². The first kappa shape index (κ1) is 17.4. The molecule has 1 aliphatic heterocycles. The lowest BCUT2D eigenvalue weighted by Gasteiger charge is -2.16. The molecule has 1 N–H and O–H groups in total. The highest BCUT2D eigenvalue weighted by Crippen LogP contribution is 2.37. The van der Waals surface area contributed by atoms with Crippen molar-refractivity contribution in [3.63, 3.8) is 0 Å². The van der Waals surface area contributed by atoms with Crippen LogP contribution < -0.4 is 10.2 Å². The largest absolute Gasteiger partial charge is 0.326 e. The van der Waals surface area contributed by atoms with E-state index >= 15 is 0 Å². The maximum absolute atomic E-state index is 12.8. The van der Waals surface area contributed by atoms with Crippen LogP contribution in [0, 0.1) is 6.92 Å². The van der Waals surface area contributed by atoms with Gasteiger partial charge in [0.25, 0.3) is 5.91 Å². The molecular weight excluding hydrogens is 352 g/mol. The van der Waals surface area contributed by atoms with Crippen LogP contribution in [-0.2, 0) is 9.59 Å². The van der Waals surface area contributed by atoms with Crippen molar-refractivity contribution in [2.45, 2.75) is 13.8 Å². The van der Waals surface area contributed by atoms with E-state index < -0.39 is 0 Å². The molecule has 6 heteroatoms. The minimum Gasteiger partial charge on any atom is -0.326 e. The summed E-state index contributed by atoms with van der Waals surface area (Å²) in [6, 6.07) is 15.0. The van der Waals surface area contributed by atoms with Gasteiger partial charge in [-0.05, 0) is 42.3 Å². The first-order chi connectivity index (χ1) is 12.0. The van der Waals surface area contributed by atoms with Crippen molar-refractivity contribution in [2.24, 2.45) is 0 Å². The molecule has 1 aliphatic rings. The number of aryl methyl sites for hydroxylation is 1. The summed E-state index contributed by atoms with van der Waals surface area (Å²) in [5, 5.41) is 2.72. The van der Waals surface area contributed by atoms with Gasteiger partial charge in [0.2, 0.25) is 5.91 Å². The number of para-hydroxylation sites is 1. The molecule has 1 heterocycles. The molecule has 2 amide bonds. The second-order valence-corrected chi connectivity index (χ2v) is 7.28. The van der Waals surface area contributed by atoms with Crippen LogP contribution in [0.5, 0.6) is 0 Å². The van der Waals surface area contributed by atoms with Gasteiger partial charge in [0.05, 0.1) is 10.6 Å². The first-order valence-electron chi connectivity index (χ1n) is 7.67. The third kappa shape index (κ3) is 3.81. The van der Waals surface area contributed by atoms with Gasteiger partial charge in [-0.3, -0.25) is 14.5 Å². The number of nitrogens with one attached hydrogen (secondary N) is 1. The SMILES string of the molecule is CC(=O)Nc1ccc(C=C2SC(=S)N(c3ccccc3C)C2=O)cc1. The standard InChI is InChI=1S/C19H16N2O2S2/c1-12-5-3-4-6-16(12)21-18(23)17(25-19(21)24)11-14-7-9-15(10-8-14)20-13(2)22/h3-11H,1-2H3,(H,20,22). The Morgan fingerprint density at radius 2 is 1.84 bits per heavy atom. The third-order valence-electron chi connectivity index (χ3n) is 3.68. The number of carbonyl (C=O) groups is 2. The minimum atomic E-state index is -0.119. The van der Waals surface area contributed by atoms with Gasteiger partial charge < -0.3 is 5.32 Å². The van der Waals surface area contributed by atoms with Gasteiger partial charge in [-0.15, -0.1) is 0 Å². The van der Waals surface area contributed by atoms with Crippen LogP contribution >= 0.6 is 24.0 Å². The average Bonchev–Trinajstić information content (AvgIpc) is 2.83. The number of anilines is 2. The monoisotopic (exact) mass is 368 g/mol. The maximum Gasteiger partial charge on any atom is 0.270 e. The Morgan fingerprint density at radius 3 is 2.48 bits per heavy atom. The van der Waals surface area contributed by atoms with E-state index in [1.165, 1.54) is 18.7 Å². The molecule has 0 atom stereocenters. The van der Waals surface area contributed by atoms with E-state index in [0.29, 0.717) is 9.23 Å². The molecule has 0 aromatic heterocycles. The summed E-state index contributed by atoms with van der Waals surface area (Å²) >= 11 is 6.69. The zero-order chi connectivity index (χ0) is 18.0. The zero-order valence-corrected chi connectivity index (χ0v) is 15.4.